The van der Waals surface area contributed by atoms with E-state index in [0.29, 0.717) is 26.2 Å². The highest BCUT2D eigenvalue weighted by atomic mass is 32.2. The minimum atomic E-state index is -3.89. The zero-order valence-corrected chi connectivity index (χ0v) is 20.8. The average Bonchev–Trinajstić information content (AvgIpc) is 2.83. The highest BCUT2D eigenvalue weighted by Crippen LogP contribution is 2.30. The lowest BCUT2D eigenvalue weighted by molar-refractivity contribution is -0.131. The number of carbonyl (C=O) groups excluding carboxylic acids is 1. The van der Waals surface area contributed by atoms with E-state index < -0.39 is 10.0 Å². The van der Waals surface area contributed by atoms with Crippen molar-refractivity contribution in [2.75, 3.05) is 58.9 Å². The molecule has 0 spiro atoms. The van der Waals surface area contributed by atoms with Gasteiger partial charge in [0.05, 0.1) is 20.8 Å². The lowest BCUT2D eigenvalue weighted by Gasteiger charge is -2.36. The summed E-state index contributed by atoms with van der Waals surface area (Å²) in [5.41, 5.74) is 1.96. The SMILES string of the molecule is COc1ccc(N2CCN(C(=O)CN(C)S(=O)(=O)c3cc(C(C)C)ccc3OC)CC2)cc1. The molecule has 2 aromatic rings. The zero-order chi connectivity index (χ0) is 24.2. The van der Waals surface area contributed by atoms with Gasteiger partial charge in [-0.1, -0.05) is 19.9 Å². The second-order valence-electron chi connectivity index (χ2n) is 8.39. The number of methoxy groups -OCH3 is 2. The van der Waals surface area contributed by atoms with E-state index in [4.69, 9.17) is 9.47 Å². The molecule has 1 aliphatic heterocycles. The standard InChI is InChI=1S/C24H33N3O5S/c1-18(2)19-6-11-22(32-5)23(16-19)33(29,30)25(3)17-24(28)27-14-12-26(13-15-27)20-7-9-21(31-4)10-8-20/h6-11,16,18H,12-15,17H2,1-5H3. The highest BCUT2D eigenvalue weighted by Gasteiger charge is 2.29. The number of carbonyl (C=O) groups is 1. The van der Waals surface area contributed by atoms with Gasteiger partial charge in [0.15, 0.2) is 0 Å². The molecule has 0 atom stereocenters. The number of hydrogen-bond acceptors (Lipinski definition) is 6. The molecule has 0 aromatic heterocycles. The van der Waals surface area contributed by atoms with Crippen molar-refractivity contribution in [2.45, 2.75) is 24.7 Å². The third-order valence-electron chi connectivity index (χ3n) is 5.97. The maximum absolute atomic E-state index is 13.3. The number of sulfonamides is 1. The monoisotopic (exact) mass is 475 g/mol. The van der Waals surface area contributed by atoms with E-state index in [0.717, 1.165) is 21.3 Å². The summed E-state index contributed by atoms with van der Waals surface area (Å²) >= 11 is 0. The topological polar surface area (TPSA) is 79.4 Å². The van der Waals surface area contributed by atoms with Crippen LogP contribution in [0.4, 0.5) is 5.69 Å². The van der Waals surface area contributed by atoms with Crippen LogP contribution in [0, 0.1) is 0 Å². The van der Waals surface area contributed by atoms with Gasteiger partial charge in [0, 0.05) is 38.9 Å². The van der Waals surface area contributed by atoms with Gasteiger partial charge < -0.3 is 19.3 Å². The Morgan fingerprint density at radius 2 is 1.64 bits per heavy atom. The molecule has 1 heterocycles. The minimum absolute atomic E-state index is 0.0795. The number of anilines is 1. The third-order valence-corrected chi connectivity index (χ3v) is 7.80. The predicted octanol–water partition coefficient (Wildman–Crippen LogP) is 2.80. The predicted molar refractivity (Wildman–Crippen MR) is 129 cm³/mol. The molecule has 0 radical (unpaired) electrons. The smallest absolute Gasteiger partial charge is 0.246 e. The van der Waals surface area contributed by atoms with Gasteiger partial charge in [-0.2, -0.15) is 4.31 Å². The van der Waals surface area contributed by atoms with E-state index in [1.54, 1.807) is 24.1 Å². The number of benzene rings is 2. The summed E-state index contributed by atoms with van der Waals surface area (Å²) in [5.74, 6) is 1.02. The third kappa shape index (κ3) is 5.59. The Kier molecular flexibility index (Phi) is 7.86. The Labute approximate surface area is 196 Å². The van der Waals surface area contributed by atoms with Crippen LogP contribution in [-0.4, -0.2) is 77.5 Å². The van der Waals surface area contributed by atoms with Crippen LogP contribution in [-0.2, 0) is 14.8 Å². The number of amides is 1. The summed E-state index contributed by atoms with van der Waals surface area (Å²) < 4.78 is 38.1. The maximum Gasteiger partial charge on any atom is 0.246 e. The van der Waals surface area contributed by atoms with E-state index >= 15 is 0 Å². The fraction of sp³-hybridized carbons (Fsp3) is 0.458. The first-order chi connectivity index (χ1) is 15.7. The molecule has 1 aliphatic rings. The lowest BCUT2D eigenvalue weighted by Crippen LogP contribution is -2.51. The van der Waals surface area contributed by atoms with E-state index in [1.165, 1.54) is 14.2 Å². The number of hydrogen-bond donors (Lipinski definition) is 0. The molecule has 0 aliphatic carbocycles. The van der Waals surface area contributed by atoms with Crippen molar-refractivity contribution >= 4 is 21.6 Å². The Morgan fingerprint density at radius 1 is 1.00 bits per heavy atom. The molecule has 0 saturated carbocycles. The van der Waals surface area contributed by atoms with E-state index in [1.807, 2.05) is 44.2 Å². The van der Waals surface area contributed by atoms with E-state index in [9.17, 15) is 13.2 Å². The van der Waals surface area contributed by atoms with Gasteiger partial charge in [0.2, 0.25) is 15.9 Å². The summed E-state index contributed by atoms with van der Waals surface area (Å²) in [6, 6.07) is 13.0. The zero-order valence-electron chi connectivity index (χ0n) is 19.9. The first kappa shape index (κ1) is 24.9. The Morgan fingerprint density at radius 3 is 2.18 bits per heavy atom. The van der Waals surface area contributed by atoms with Crippen LogP contribution >= 0.6 is 0 Å². The quantitative estimate of drug-likeness (QED) is 0.584. The van der Waals surface area contributed by atoms with Crippen LogP contribution in [0.1, 0.15) is 25.3 Å². The molecular formula is C24H33N3O5S. The van der Waals surface area contributed by atoms with E-state index in [-0.39, 0.29) is 29.0 Å². The molecule has 3 rings (SSSR count). The van der Waals surface area contributed by atoms with Gasteiger partial charge in [-0.05, 0) is 47.9 Å². The maximum atomic E-state index is 13.3. The van der Waals surface area contributed by atoms with Crippen LogP contribution in [0.25, 0.3) is 0 Å². The minimum Gasteiger partial charge on any atom is -0.497 e. The van der Waals surface area contributed by atoms with Crippen molar-refractivity contribution in [1.29, 1.82) is 0 Å². The summed E-state index contributed by atoms with van der Waals surface area (Å²) in [6.07, 6.45) is 0. The lowest BCUT2D eigenvalue weighted by atomic mass is 10.0. The largest absolute Gasteiger partial charge is 0.497 e. The Hall–Kier alpha value is -2.78. The molecule has 8 nitrogen and oxygen atoms in total. The number of nitrogens with zero attached hydrogens (tertiary/aromatic N) is 3. The second kappa shape index (κ2) is 10.4. The van der Waals surface area contributed by atoms with Gasteiger partial charge in [-0.15, -0.1) is 0 Å². The molecule has 0 bridgehead atoms. The molecule has 9 heteroatoms. The van der Waals surface area contributed by atoms with Gasteiger partial charge in [-0.3, -0.25) is 4.79 Å². The van der Waals surface area contributed by atoms with Crippen molar-refractivity contribution in [1.82, 2.24) is 9.21 Å². The van der Waals surface area contributed by atoms with Crippen LogP contribution in [0.15, 0.2) is 47.4 Å². The highest BCUT2D eigenvalue weighted by molar-refractivity contribution is 7.89. The Bertz CT molecular complexity index is 1060. The normalized spacial score (nSPS) is 14.6. The summed E-state index contributed by atoms with van der Waals surface area (Å²) in [4.78, 5) is 16.9. The van der Waals surface area contributed by atoms with Crippen molar-refractivity contribution in [2.24, 2.45) is 0 Å². The molecule has 0 unspecified atom stereocenters. The van der Waals surface area contributed by atoms with Gasteiger partial charge >= 0.3 is 0 Å². The Balaban J connectivity index is 1.65. The molecule has 1 fully saturated rings. The number of ether oxygens (including phenoxy) is 2. The molecule has 1 saturated heterocycles. The summed E-state index contributed by atoms with van der Waals surface area (Å²) in [6.45, 7) is 6.20. The van der Waals surface area contributed by atoms with Gasteiger partial charge in [0.1, 0.15) is 16.4 Å². The molecule has 1 amide bonds. The fourth-order valence-electron chi connectivity index (χ4n) is 3.80. The molecule has 180 valence electrons. The fourth-order valence-corrected chi connectivity index (χ4v) is 5.11. The van der Waals surface area contributed by atoms with E-state index in [2.05, 4.69) is 4.90 Å². The van der Waals surface area contributed by atoms with Crippen molar-refractivity contribution in [3.63, 3.8) is 0 Å². The van der Waals surface area contributed by atoms with Crippen molar-refractivity contribution in [3.8, 4) is 11.5 Å². The number of piperazine rings is 1. The van der Waals surface area contributed by atoms with Crippen molar-refractivity contribution in [3.05, 3.63) is 48.0 Å². The van der Waals surface area contributed by atoms with Crippen LogP contribution in [0.2, 0.25) is 0 Å². The second-order valence-corrected chi connectivity index (χ2v) is 10.4. The molecule has 33 heavy (non-hydrogen) atoms. The summed E-state index contributed by atoms with van der Waals surface area (Å²) in [5, 5.41) is 0. The first-order valence-electron chi connectivity index (χ1n) is 11.0. The van der Waals surface area contributed by atoms with Crippen molar-refractivity contribution < 1.29 is 22.7 Å². The van der Waals surface area contributed by atoms with Gasteiger partial charge in [0.25, 0.3) is 0 Å². The van der Waals surface area contributed by atoms with Crippen LogP contribution in [0.3, 0.4) is 0 Å². The molecule has 0 N–H and O–H groups in total. The molecule has 2 aromatic carbocycles. The average molecular weight is 476 g/mol. The first-order valence-corrected chi connectivity index (χ1v) is 12.4. The number of rotatable bonds is 8. The molecular weight excluding hydrogens is 442 g/mol. The summed E-state index contributed by atoms with van der Waals surface area (Å²) in [7, 11) is 0.614. The van der Waals surface area contributed by atoms with Crippen LogP contribution in [0.5, 0.6) is 11.5 Å². The van der Waals surface area contributed by atoms with Gasteiger partial charge in [-0.25, -0.2) is 8.42 Å². The van der Waals surface area contributed by atoms with Crippen LogP contribution < -0.4 is 14.4 Å². The number of likely N-dealkylation sites (N-methyl/N-ethyl adjacent to an activating group) is 1.